The fourth-order valence-corrected chi connectivity index (χ4v) is 0.987. The van der Waals surface area contributed by atoms with Crippen molar-refractivity contribution in [3.8, 4) is 5.75 Å². The summed E-state index contributed by atoms with van der Waals surface area (Å²) in [6.07, 6.45) is 0. The second kappa shape index (κ2) is 5.25. The van der Waals surface area contributed by atoms with E-state index in [2.05, 4.69) is 5.43 Å². The summed E-state index contributed by atoms with van der Waals surface area (Å²) in [5, 5.41) is 10.5. The Labute approximate surface area is 86.6 Å². The predicted molar refractivity (Wildman–Crippen MR) is 54.7 cm³/mol. The molecule has 6 nitrogen and oxygen atoms in total. The van der Waals surface area contributed by atoms with Gasteiger partial charge in [0.05, 0.1) is 12.0 Å². The Morgan fingerprint density at radius 2 is 2.21 bits per heavy atom. The minimum absolute atomic E-state index is 0. The van der Waals surface area contributed by atoms with Gasteiger partial charge < -0.3 is 10.2 Å². The van der Waals surface area contributed by atoms with Gasteiger partial charge in [0.2, 0.25) is 0 Å². The maximum absolute atomic E-state index is 10.5. The van der Waals surface area contributed by atoms with Crippen LogP contribution in [0.15, 0.2) is 18.2 Å². The first-order valence-electron chi connectivity index (χ1n) is 3.48. The molecule has 7 heteroatoms. The van der Waals surface area contributed by atoms with E-state index in [0.29, 0.717) is 5.75 Å². The third-order valence-corrected chi connectivity index (χ3v) is 1.57. The van der Waals surface area contributed by atoms with Crippen LogP contribution >= 0.6 is 12.4 Å². The van der Waals surface area contributed by atoms with Crippen molar-refractivity contribution in [2.75, 3.05) is 12.5 Å². The molecule has 0 aliphatic carbocycles. The predicted octanol–water partition coefficient (Wildman–Crippen LogP) is 1.31. The van der Waals surface area contributed by atoms with Crippen LogP contribution in [0.25, 0.3) is 0 Å². The van der Waals surface area contributed by atoms with Crippen LogP contribution in [0.2, 0.25) is 0 Å². The number of hydrazine groups is 1. The van der Waals surface area contributed by atoms with E-state index in [9.17, 15) is 10.1 Å². The zero-order valence-electron chi connectivity index (χ0n) is 7.39. The largest absolute Gasteiger partial charge is 0.494 e. The minimum Gasteiger partial charge on any atom is -0.494 e. The fraction of sp³-hybridized carbons (Fsp3) is 0.143. The number of para-hydroxylation sites is 1. The van der Waals surface area contributed by atoms with Gasteiger partial charge in [-0.2, -0.15) is 0 Å². The number of nitrogen functional groups attached to an aromatic ring is 1. The number of methoxy groups -OCH3 is 1. The van der Waals surface area contributed by atoms with Crippen LogP contribution < -0.4 is 16.0 Å². The molecule has 1 aromatic rings. The van der Waals surface area contributed by atoms with E-state index in [1.165, 1.54) is 19.2 Å². The molecule has 0 aliphatic heterocycles. The summed E-state index contributed by atoms with van der Waals surface area (Å²) in [6, 6.07) is 4.46. The Morgan fingerprint density at radius 1 is 1.57 bits per heavy atom. The van der Waals surface area contributed by atoms with Gasteiger partial charge in [-0.1, -0.05) is 6.07 Å². The van der Waals surface area contributed by atoms with Gasteiger partial charge in [0, 0.05) is 6.07 Å². The highest BCUT2D eigenvalue weighted by Gasteiger charge is 2.16. The molecule has 0 aliphatic rings. The molecule has 0 spiro atoms. The van der Waals surface area contributed by atoms with Crippen molar-refractivity contribution in [3.63, 3.8) is 0 Å². The minimum atomic E-state index is -0.530. The Morgan fingerprint density at radius 3 is 2.64 bits per heavy atom. The van der Waals surface area contributed by atoms with E-state index in [1.54, 1.807) is 6.07 Å². The van der Waals surface area contributed by atoms with Crippen LogP contribution in [-0.2, 0) is 0 Å². The number of halogens is 1. The van der Waals surface area contributed by atoms with Gasteiger partial charge in [-0.05, 0) is 6.07 Å². The number of ether oxygens (including phenoxy) is 1. The van der Waals surface area contributed by atoms with Gasteiger partial charge >= 0.3 is 0 Å². The Balaban J connectivity index is 0.00000169. The molecule has 14 heavy (non-hydrogen) atoms. The van der Waals surface area contributed by atoms with Crippen molar-refractivity contribution in [1.82, 2.24) is 0 Å². The summed E-state index contributed by atoms with van der Waals surface area (Å²) in [4.78, 5) is 9.97. The van der Waals surface area contributed by atoms with Gasteiger partial charge in [0.25, 0.3) is 5.69 Å². The highest BCUT2D eigenvalue weighted by atomic mass is 35.5. The molecule has 0 saturated carbocycles. The van der Waals surface area contributed by atoms with Gasteiger partial charge in [0.15, 0.2) is 5.69 Å². The lowest BCUT2D eigenvalue weighted by Gasteiger charge is -2.06. The standard InChI is InChI=1S/C7H9N3O3.ClH/c1-13-6-4-2-3-5(10(11)12)7(6)9-8;/h2-4,9H,8H2,1H3;1H. The Hall–Kier alpha value is -1.53. The number of nitro benzene ring substituents is 1. The van der Waals surface area contributed by atoms with E-state index in [1.807, 2.05) is 0 Å². The lowest BCUT2D eigenvalue weighted by Crippen LogP contribution is -2.10. The molecule has 0 radical (unpaired) electrons. The first-order valence-corrected chi connectivity index (χ1v) is 3.48. The van der Waals surface area contributed by atoms with Crippen LogP contribution in [0.4, 0.5) is 11.4 Å². The normalized spacial score (nSPS) is 8.71. The van der Waals surface area contributed by atoms with E-state index in [0.717, 1.165) is 0 Å². The number of nitrogens with two attached hydrogens (primary N) is 1. The zero-order valence-corrected chi connectivity index (χ0v) is 8.21. The van der Waals surface area contributed by atoms with Crippen molar-refractivity contribution in [1.29, 1.82) is 0 Å². The number of nitro groups is 1. The maximum atomic E-state index is 10.5. The molecular formula is C7H10ClN3O3. The Kier molecular flexibility index (Phi) is 4.68. The topological polar surface area (TPSA) is 90.4 Å². The molecule has 0 aromatic heterocycles. The number of anilines is 1. The molecule has 0 unspecified atom stereocenters. The number of rotatable bonds is 3. The first kappa shape index (κ1) is 12.5. The molecule has 1 rings (SSSR count). The summed E-state index contributed by atoms with van der Waals surface area (Å²) >= 11 is 0. The molecule has 0 amide bonds. The number of hydrogen-bond acceptors (Lipinski definition) is 5. The smallest absolute Gasteiger partial charge is 0.297 e. The number of nitrogens with zero attached hydrogens (tertiary/aromatic N) is 1. The highest BCUT2D eigenvalue weighted by molar-refractivity contribution is 5.85. The van der Waals surface area contributed by atoms with Crippen LogP contribution in [0.5, 0.6) is 5.75 Å². The highest BCUT2D eigenvalue weighted by Crippen LogP contribution is 2.32. The number of nitrogens with one attached hydrogen (secondary N) is 1. The molecule has 0 fully saturated rings. The number of hydrogen-bond donors (Lipinski definition) is 2. The lowest BCUT2D eigenvalue weighted by molar-refractivity contribution is -0.384. The van der Waals surface area contributed by atoms with Crippen molar-refractivity contribution >= 4 is 23.8 Å². The molecule has 0 bridgehead atoms. The summed E-state index contributed by atoms with van der Waals surface area (Å²) in [5.74, 6) is 5.47. The third-order valence-electron chi connectivity index (χ3n) is 1.57. The van der Waals surface area contributed by atoms with Gasteiger partial charge in [0.1, 0.15) is 5.75 Å². The molecule has 0 heterocycles. The van der Waals surface area contributed by atoms with E-state index in [4.69, 9.17) is 10.6 Å². The van der Waals surface area contributed by atoms with E-state index >= 15 is 0 Å². The van der Waals surface area contributed by atoms with E-state index in [-0.39, 0.29) is 23.8 Å². The maximum Gasteiger partial charge on any atom is 0.297 e. The molecule has 78 valence electrons. The monoisotopic (exact) mass is 219 g/mol. The average Bonchev–Trinajstić information content (AvgIpc) is 2.16. The average molecular weight is 220 g/mol. The van der Waals surface area contributed by atoms with Crippen LogP contribution in [0, 0.1) is 10.1 Å². The van der Waals surface area contributed by atoms with Crippen LogP contribution in [-0.4, -0.2) is 12.0 Å². The molecule has 3 N–H and O–H groups in total. The van der Waals surface area contributed by atoms with Crippen LogP contribution in [0.1, 0.15) is 0 Å². The van der Waals surface area contributed by atoms with Crippen LogP contribution in [0.3, 0.4) is 0 Å². The van der Waals surface area contributed by atoms with E-state index < -0.39 is 4.92 Å². The summed E-state index contributed by atoms with van der Waals surface area (Å²) in [5.41, 5.74) is 2.30. The quantitative estimate of drug-likeness (QED) is 0.454. The van der Waals surface area contributed by atoms with Gasteiger partial charge in [-0.25, -0.2) is 0 Å². The SMILES string of the molecule is COc1cccc([N+](=O)[O-])c1NN.Cl. The molecule has 1 aromatic carbocycles. The summed E-state index contributed by atoms with van der Waals surface area (Å²) < 4.78 is 4.88. The molecule has 0 atom stereocenters. The Bertz CT molecular complexity index is 332. The third kappa shape index (κ3) is 2.24. The first-order chi connectivity index (χ1) is 6.20. The fourth-order valence-electron chi connectivity index (χ4n) is 0.987. The van der Waals surface area contributed by atoms with Gasteiger partial charge in [-0.3, -0.25) is 16.0 Å². The summed E-state index contributed by atoms with van der Waals surface area (Å²) in [7, 11) is 1.42. The summed E-state index contributed by atoms with van der Waals surface area (Å²) in [6.45, 7) is 0. The number of benzene rings is 1. The molecule has 0 saturated heterocycles. The van der Waals surface area contributed by atoms with Crippen molar-refractivity contribution in [3.05, 3.63) is 28.3 Å². The van der Waals surface area contributed by atoms with Crippen molar-refractivity contribution in [2.45, 2.75) is 0 Å². The van der Waals surface area contributed by atoms with Gasteiger partial charge in [-0.15, -0.1) is 12.4 Å². The second-order valence-corrected chi connectivity index (χ2v) is 2.26. The van der Waals surface area contributed by atoms with Crippen molar-refractivity contribution < 1.29 is 9.66 Å². The molecular weight excluding hydrogens is 210 g/mol. The second-order valence-electron chi connectivity index (χ2n) is 2.26. The lowest BCUT2D eigenvalue weighted by atomic mass is 10.2. The van der Waals surface area contributed by atoms with Crippen molar-refractivity contribution in [2.24, 2.45) is 5.84 Å². The zero-order chi connectivity index (χ0) is 9.84.